The number of rotatable bonds is 2. The third kappa shape index (κ3) is 2.28. The van der Waals surface area contributed by atoms with Gasteiger partial charge in [-0.1, -0.05) is 39.7 Å². The summed E-state index contributed by atoms with van der Waals surface area (Å²) in [6.07, 6.45) is 0. The average Bonchev–Trinajstić information content (AvgIpc) is 2.87. The Morgan fingerprint density at radius 2 is 1.95 bits per heavy atom. The van der Waals surface area contributed by atoms with Gasteiger partial charge in [0.2, 0.25) is 0 Å². The van der Waals surface area contributed by atoms with Crippen LogP contribution in [0.25, 0.3) is 17.1 Å². The zero-order valence-corrected chi connectivity index (χ0v) is 12.5. The first-order valence-electron chi connectivity index (χ1n) is 5.75. The smallest absolute Gasteiger partial charge is 0.190 e. The minimum Gasteiger partial charge on any atom is -0.398 e. The molecule has 7 heteroatoms. The lowest BCUT2D eigenvalue weighted by Gasteiger charge is -2.08. The third-order valence-corrected chi connectivity index (χ3v) is 3.60. The number of anilines is 1. The second-order valence-electron chi connectivity index (χ2n) is 4.10. The fourth-order valence-electron chi connectivity index (χ4n) is 1.90. The van der Waals surface area contributed by atoms with Crippen LogP contribution in [0, 0.1) is 0 Å². The van der Waals surface area contributed by atoms with Gasteiger partial charge in [-0.2, -0.15) is 4.68 Å². The quantitative estimate of drug-likeness (QED) is 0.720. The van der Waals surface area contributed by atoms with Crippen LogP contribution < -0.4 is 5.73 Å². The maximum absolute atomic E-state index is 6.21. The van der Waals surface area contributed by atoms with E-state index < -0.39 is 0 Å². The summed E-state index contributed by atoms with van der Waals surface area (Å²) >= 11 is 9.64. The largest absolute Gasteiger partial charge is 0.398 e. The first kappa shape index (κ1) is 13.1. The molecule has 0 amide bonds. The van der Waals surface area contributed by atoms with E-state index in [0.29, 0.717) is 22.1 Å². The molecule has 20 heavy (non-hydrogen) atoms. The number of nitrogens with two attached hydrogens (primary N) is 1. The molecule has 5 nitrogen and oxygen atoms in total. The van der Waals surface area contributed by atoms with Gasteiger partial charge in [-0.25, -0.2) is 0 Å². The van der Waals surface area contributed by atoms with Gasteiger partial charge in [0.25, 0.3) is 0 Å². The van der Waals surface area contributed by atoms with Crippen LogP contribution in [-0.2, 0) is 0 Å². The molecule has 3 rings (SSSR count). The Labute approximate surface area is 128 Å². The van der Waals surface area contributed by atoms with E-state index in [1.54, 1.807) is 22.9 Å². The third-order valence-electron chi connectivity index (χ3n) is 2.79. The Bertz CT molecular complexity index is 751. The van der Waals surface area contributed by atoms with Crippen LogP contribution in [-0.4, -0.2) is 20.2 Å². The molecule has 0 radical (unpaired) electrons. The molecule has 0 saturated carbocycles. The van der Waals surface area contributed by atoms with E-state index in [-0.39, 0.29) is 0 Å². The summed E-state index contributed by atoms with van der Waals surface area (Å²) in [6.45, 7) is 0. The van der Waals surface area contributed by atoms with Crippen molar-refractivity contribution in [2.45, 2.75) is 0 Å². The molecule has 2 aromatic carbocycles. The molecule has 1 heterocycles. The Kier molecular flexibility index (Phi) is 3.42. The van der Waals surface area contributed by atoms with E-state index in [9.17, 15) is 0 Å². The number of nitrogens with zero attached hydrogens (tertiary/aromatic N) is 4. The molecule has 1 aromatic heterocycles. The van der Waals surface area contributed by atoms with Crippen molar-refractivity contribution in [3.8, 4) is 17.1 Å². The zero-order chi connectivity index (χ0) is 14.1. The SMILES string of the molecule is Nc1cccc(Cl)c1-c1nnnn1-c1cccc(Br)c1. The van der Waals surface area contributed by atoms with Crippen LogP contribution >= 0.6 is 27.5 Å². The molecule has 0 aliphatic heterocycles. The number of aromatic nitrogens is 4. The molecule has 0 atom stereocenters. The summed E-state index contributed by atoms with van der Waals surface area (Å²) in [5, 5.41) is 12.3. The average molecular weight is 351 g/mol. The van der Waals surface area contributed by atoms with Crippen molar-refractivity contribution in [3.05, 3.63) is 52.0 Å². The van der Waals surface area contributed by atoms with E-state index in [4.69, 9.17) is 17.3 Å². The highest BCUT2D eigenvalue weighted by Crippen LogP contribution is 2.32. The predicted octanol–water partition coefficient (Wildman–Crippen LogP) is 3.33. The Morgan fingerprint density at radius 1 is 1.15 bits per heavy atom. The molecule has 0 bridgehead atoms. The highest BCUT2D eigenvalue weighted by Gasteiger charge is 2.16. The molecule has 0 aliphatic carbocycles. The summed E-state index contributed by atoms with van der Waals surface area (Å²) in [5.41, 5.74) is 7.96. The van der Waals surface area contributed by atoms with Gasteiger partial charge in [0.15, 0.2) is 5.82 Å². The van der Waals surface area contributed by atoms with Crippen molar-refractivity contribution >= 4 is 33.2 Å². The first-order valence-corrected chi connectivity index (χ1v) is 6.92. The van der Waals surface area contributed by atoms with Crippen LogP contribution in [0.15, 0.2) is 46.9 Å². The lowest BCUT2D eigenvalue weighted by molar-refractivity contribution is 0.791. The summed E-state index contributed by atoms with van der Waals surface area (Å²) in [5.74, 6) is 0.506. The highest BCUT2D eigenvalue weighted by atomic mass is 79.9. The summed E-state index contributed by atoms with van der Waals surface area (Å²) < 4.78 is 2.53. The normalized spacial score (nSPS) is 10.7. The Balaban J connectivity index is 2.21. The van der Waals surface area contributed by atoms with Gasteiger partial charge in [0, 0.05) is 10.2 Å². The molecule has 3 aromatic rings. The van der Waals surface area contributed by atoms with Crippen LogP contribution in [0.4, 0.5) is 5.69 Å². The zero-order valence-electron chi connectivity index (χ0n) is 10.2. The minimum absolute atomic E-state index is 0.506. The molecule has 100 valence electrons. The van der Waals surface area contributed by atoms with Crippen molar-refractivity contribution in [3.63, 3.8) is 0 Å². The van der Waals surface area contributed by atoms with Crippen molar-refractivity contribution in [1.29, 1.82) is 0 Å². The molecular weight excluding hydrogens is 342 g/mol. The van der Waals surface area contributed by atoms with Gasteiger partial charge in [-0.15, -0.1) is 5.10 Å². The van der Waals surface area contributed by atoms with Crippen molar-refractivity contribution in [1.82, 2.24) is 20.2 Å². The van der Waals surface area contributed by atoms with Gasteiger partial charge in [-0.05, 0) is 40.8 Å². The van der Waals surface area contributed by atoms with Gasteiger partial charge in [0.05, 0.1) is 16.3 Å². The molecule has 0 saturated heterocycles. The van der Waals surface area contributed by atoms with E-state index in [2.05, 4.69) is 31.5 Å². The van der Waals surface area contributed by atoms with Gasteiger partial charge in [0.1, 0.15) is 0 Å². The predicted molar refractivity (Wildman–Crippen MR) is 81.7 cm³/mol. The molecule has 0 fully saturated rings. The summed E-state index contributed by atoms with van der Waals surface area (Å²) in [7, 11) is 0. The van der Waals surface area contributed by atoms with Crippen LogP contribution in [0.1, 0.15) is 0 Å². The standard InChI is InChI=1S/C13H9BrClN5/c14-8-3-1-4-9(7-8)20-13(17-18-19-20)12-10(15)5-2-6-11(12)16/h1-7H,16H2. The maximum atomic E-state index is 6.21. The number of halogens is 2. The fraction of sp³-hybridized carbons (Fsp3) is 0. The Morgan fingerprint density at radius 3 is 2.70 bits per heavy atom. The number of hydrogen-bond acceptors (Lipinski definition) is 4. The molecule has 0 aliphatic rings. The van der Waals surface area contributed by atoms with E-state index >= 15 is 0 Å². The first-order chi connectivity index (χ1) is 9.66. The maximum Gasteiger partial charge on any atom is 0.190 e. The van der Waals surface area contributed by atoms with Crippen LogP contribution in [0.5, 0.6) is 0 Å². The Hall–Kier alpha value is -1.92. The topological polar surface area (TPSA) is 69.6 Å². The second-order valence-corrected chi connectivity index (χ2v) is 5.42. The molecule has 0 unspecified atom stereocenters. The monoisotopic (exact) mass is 349 g/mol. The lowest BCUT2D eigenvalue weighted by Crippen LogP contribution is -2.02. The summed E-state index contributed by atoms with van der Waals surface area (Å²) in [4.78, 5) is 0. The van der Waals surface area contributed by atoms with E-state index in [1.165, 1.54) is 0 Å². The lowest BCUT2D eigenvalue weighted by atomic mass is 10.1. The van der Waals surface area contributed by atoms with Crippen molar-refractivity contribution in [2.24, 2.45) is 0 Å². The minimum atomic E-state index is 0.506. The fourth-order valence-corrected chi connectivity index (χ4v) is 2.56. The molecule has 2 N–H and O–H groups in total. The number of benzene rings is 2. The summed E-state index contributed by atoms with van der Waals surface area (Å²) in [6, 6.07) is 12.9. The highest BCUT2D eigenvalue weighted by molar-refractivity contribution is 9.10. The van der Waals surface area contributed by atoms with Gasteiger partial charge in [-0.3, -0.25) is 0 Å². The van der Waals surface area contributed by atoms with E-state index in [0.717, 1.165) is 10.2 Å². The number of hydrogen-bond donors (Lipinski definition) is 1. The molecular formula is C13H9BrClN5. The van der Waals surface area contributed by atoms with Gasteiger partial charge >= 0.3 is 0 Å². The van der Waals surface area contributed by atoms with E-state index in [1.807, 2.05) is 24.3 Å². The van der Waals surface area contributed by atoms with Crippen LogP contribution in [0.2, 0.25) is 5.02 Å². The van der Waals surface area contributed by atoms with Crippen molar-refractivity contribution in [2.75, 3.05) is 5.73 Å². The number of tetrazole rings is 1. The second kappa shape index (κ2) is 5.22. The number of nitrogen functional groups attached to an aromatic ring is 1. The van der Waals surface area contributed by atoms with Crippen LogP contribution in [0.3, 0.4) is 0 Å². The molecule has 0 spiro atoms. The van der Waals surface area contributed by atoms with Gasteiger partial charge < -0.3 is 5.73 Å². The van der Waals surface area contributed by atoms with Crippen molar-refractivity contribution < 1.29 is 0 Å².